The van der Waals surface area contributed by atoms with E-state index in [2.05, 4.69) is 15.4 Å². The van der Waals surface area contributed by atoms with Crippen molar-refractivity contribution >= 4 is 38.6 Å². The van der Waals surface area contributed by atoms with Crippen LogP contribution in [0.4, 0.5) is 0 Å². The zero-order chi connectivity index (χ0) is 25.4. The molecule has 0 bridgehead atoms. The van der Waals surface area contributed by atoms with Crippen LogP contribution in [0.2, 0.25) is 0 Å². The van der Waals surface area contributed by atoms with Gasteiger partial charge >= 0.3 is 0 Å². The zero-order valence-electron chi connectivity index (χ0n) is 19.9. The van der Waals surface area contributed by atoms with Crippen molar-refractivity contribution in [2.24, 2.45) is 11.7 Å². The summed E-state index contributed by atoms with van der Waals surface area (Å²) in [6.45, 7) is 3.02. The average Bonchev–Trinajstić information content (AvgIpc) is 2.84. The van der Waals surface area contributed by atoms with Crippen molar-refractivity contribution in [3.8, 4) is 0 Å². The van der Waals surface area contributed by atoms with Gasteiger partial charge in [-0.2, -0.15) is 0 Å². The summed E-state index contributed by atoms with van der Waals surface area (Å²) in [6.07, 6.45) is 2.72. The molecule has 2 amide bonds. The quantitative estimate of drug-likeness (QED) is 0.186. The van der Waals surface area contributed by atoms with Gasteiger partial charge in [0.2, 0.25) is 21.8 Å². The Morgan fingerprint density at radius 2 is 1.77 bits per heavy atom. The van der Waals surface area contributed by atoms with Gasteiger partial charge in [0, 0.05) is 19.6 Å². The number of guanidine groups is 1. The highest BCUT2D eigenvalue weighted by Crippen LogP contribution is 2.23. The molecule has 1 saturated heterocycles. The fourth-order valence-electron chi connectivity index (χ4n) is 4.17. The first-order valence-corrected chi connectivity index (χ1v) is 13.3. The predicted molar refractivity (Wildman–Crippen MR) is 135 cm³/mol. The predicted octanol–water partition coefficient (Wildman–Crippen LogP) is 1.12. The SMILES string of the molecule is CC1CCN(C(=O)CNS(=O)(=O)c2ccc3ccccc3c2)[C@H](C(=O)NCCCCNC(=N)N)C1. The molecule has 10 nitrogen and oxygen atoms in total. The van der Waals surface area contributed by atoms with E-state index in [-0.39, 0.29) is 22.7 Å². The zero-order valence-corrected chi connectivity index (χ0v) is 20.7. The van der Waals surface area contributed by atoms with Crippen LogP contribution in [-0.2, 0) is 19.6 Å². The maximum Gasteiger partial charge on any atom is 0.242 e. The number of carbonyl (C=O) groups excluding carboxylic acids is 2. The third kappa shape index (κ3) is 7.40. The second-order valence-electron chi connectivity index (χ2n) is 8.90. The average molecular weight is 503 g/mol. The Morgan fingerprint density at radius 1 is 1.09 bits per heavy atom. The summed E-state index contributed by atoms with van der Waals surface area (Å²) in [6, 6.07) is 11.6. The summed E-state index contributed by atoms with van der Waals surface area (Å²) in [5.41, 5.74) is 5.24. The number of hydrogen-bond donors (Lipinski definition) is 5. The Morgan fingerprint density at radius 3 is 2.49 bits per heavy atom. The van der Waals surface area contributed by atoms with Crippen molar-refractivity contribution < 1.29 is 18.0 Å². The molecule has 2 aromatic rings. The van der Waals surface area contributed by atoms with Gasteiger partial charge < -0.3 is 21.3 Å². The van der Waals surface area contributed by atoms with E-state index in [0.717, 1.165) is 23.6 Å². The van der Waals surface area contributed by atoms with Crippen molar-refractivity contribution in [3.63, 3.8) is 0 Å². The molecule has 0 aromatic heterocycles. The van der Waals surface area contributed by atoms with Gasteiger partial charge in [0.1, 0.15) is 6.04 Å². The monoisotopic (exact) mass is 502 g/mol. The number of nitrogens with zero attached hydrogens (tertiary/aromatic N) is 1. The molecule has 35 heavy (non-hydrogen) atoms. The van der Waals surface area contributed by atoms with E-state index in [1.807, 2.05) is 31.2 Å². The normalized spacial score (nSPS) is 18.3. The molecule has 11 heteroatoms. The molecule has 1 heterocycles. The smallest absolute Gasteiger partial charge is 0.242 e. The van der Waals surface area contributed by atoms with E-state index >= 15 is 0 Å². The van der Waals surface area contributed by atoms with Gasteiger partial charge in [0.25, 0.3) is 0 Å². The minimum absolute atomic E-state index is 0.0874. The van der Waals surface area contributed by atoms with Crippen LogP contribution in [0.1, 0.15) is 32.6 Å². The molecule has 1 fully saturated rings. The lowest BCUT2D eigenvalue weighted by Crippen LogP contribution is -2.55. The number of benzene rings is 2. The summed E-state index contributed by atoms with van der Waals surface area (Å²) in [7, 11) is -3.89. The molecule has 6 N–H and O–H groups in total. The number of piperidine rings is 1. The van der Waals surface area contributed by atoms with Crippen LogP contribution < -0.4 is 21.1 Å². The number of nitrogens with two attached hydrogens (primary N) is 1. The number of rotatable bonds is 10. The van der Waals surface area contributed by atoms with Gasteiger partial charge in [-0.1, -0.05) is 37.3 Å². The minimum atomic E-state index is -3.89. The fourth-order valence-corrected chi connectivity index (χ4v) is 5.18. The number of hydrogen-bond acceptors (Lipinski definition) is 5. The number of sulfonamides is 1. The first-order chi connectivity index (χ1) is 16.7. The van der Waals surface area contributed by atoms with Crippen LogP contribution in [0, 0.1) is 11.3 Å². The molecule has 0 aliphatic carbocycles. The Balaban J connectivity index is 1.57. The summed E-state index contributed by atoms with van der Waals surface area (Å²) in [5, 5.41) is 14.4. The van der Waals surface area contributed by atoms with Crippen LogP contribution in [-0.4, -0.2) is 63.3 Å². The molecule has 1 unspecified atom stereocenters. The number of likely N-dealkylation sites (tertiary alicyclic amines) is 1. The number of nitrogens with one attached hydrogen (secondary N) is 4. The van der Waals surface area contributed by atoms with E-state index in [0.29, 0.717) is 32.5 Å². The van der Waals surface area contributed by atoms with E-state index in [9.17, 15) is 18.0 Å². The second kappa shape index (κ2) is 12.0. The standard InChI is InChI=1S/C24H34N6O4S/c1-17-10-13-30(21(14-17)23(32)27-11-4-5-12-28-24(25)26)22(31)16-29-35(33,34)20-9-8-18-6-2-3-7-19(18)15-20/h2-3,6-9,15,17,21,29H,4-5,10-14,16H2,1H3,(H,27,32)(H4,25,26,28)/t17?,21-/m0/s1. The first-order valence-electron chi connectivity index (χ1n) is 11.8. The fraction of sp³-hybridized carbons (Fsp3) is 0.458. The third-order valence-electron chi connectivity index (χ3n) is 6.15. The highest BCUT2D eigenvalue weighted by atomic mass is 32.2. The molecule has 2 aromatic carbocycles. The van der Waals surface area contributed by atoms with Gasteiger partial charge in [0.05, 0.1) is 11.4 Å². The summed E-state index contributed by atoms with van der Waals surface area (Å²) in [5.74, 6) is -0.464. The third-order valence-corrected chi connectivity index (χ3v) is 7.55. The molecule has 3 rings (SSSR count). The van der Waals surface area contributed by atoms with Gasteiger partial charge in [-0.05, 0) is 54.5 Å². The van der Waals surface area contributed by atoms with E-state index in [1.54, 1.807) is 12.1 Å². The number of unbranched alkanes of at least 4 members (excludes halogenated alkanes) is 1. The van der Waals surface area contributed by atoms with E-state index in [1.165, 1.54) is 11.0 Å². The topological polar surface area (TPSA) is 157 Å². The highest BCUT2D eigenvalue weighted by Gasteiger charge is 2.35. The lowest BCUT2D eigenvalue weighted by Gasteiger charge is -2.37. The van der Waals surface area contributed by atoms with E-state index in [4.69, 9.17) is 11.1 Å². The van der Waals surface area contributed by atoms with Crippen molar-refractivity contribution in [1.29, 1.82) is 5.41 Å². The Labute approximate surface area is 206 Å². The number of fused-ring (bicyclic) bond motifs is 1. The van der Waals surface area contributed by atoms with Crippen molar-refractivity contribution in [1.82, 2.24) is 20.3 Å². The van der Waals surface area contributed by atoms with Gasteiger partial charge in [-0.25, -0.2) is 13.1 Å². The molecule has 0 spiro atoms. The second-order valence-corrected chi connectivity index (χ2v) is 10.7. The summed E-state index contributed by atoms with van der Waals surface area (Å²) < 4.78 is 28.0. The minimum Gasteiger partial charge on any atom is -0.370 e. The molecule has 2 atom stereocenters. The largest absolute Gasteiger partial charge is 0.370 e. The van der Waals surface area contributed by atoms with E-state index < -0.39 is 28.5 Å². The number of amides is 2. The van der Waals surface area contributed by atoms with Crippen molar-refractivity contribution in [3.05, 3.63) is 42.5 Å². The van der Waals surface area contributed by atoms with Crippen LogP contribution in [0.3, 0.4) is 0 Å². The highest BCUT2D eigenvalue weighted by molar-refractivity contribution is 7.89. The molecule has 190 valence electrons. The Hall–Kier alpha value is -3.18. The molecular formula is C24H34N6O4S. The molecular weight excluding hydrogens is 468 g/mol. The maximum atomic E-state index is 13.0. The van der Waals surface area contributed by atoms with Crippen LogP contribution in [0.25, 0.3) is 10.8 Å². The van der Waals surface area contributed by atoms with Crippen LogP contribution in [0.15, 0.2) is 47.4 Å². The van der Waals surface area contributed by atoms with Gasteiger partial charge in [-0.15, -0.1) is 0 Å². The van der Waals surface area contributed by atoms with Gasteiger partial charge in [0.15, 0.2) is 5.96 Å². The first kappa shape index (κ1) is 26.4. The molecule has 0 saturated carbocycles. The Bertz CT molecular complexity index is 1170. The summed E-state index contributed by atoms with van der Waals surface area (Å²) in [4.78, 5) is 27.4. The lowest BCUT2D eigenvalue weighted by molar-refractivity contribution is -0.142. The van der Waals surface area contributed by atoms with Crippen LogP contribution in [0.5, 0.6) is 0 Å². The summed E-state index contributed by atoms with van der Waals surface area (Å²) >= 11 is 0. The Kier molecular flexibility index (Phi) is 9.05. The van der Waals surface area contributed by atoms with Crippen molar-refractivity contribution in [2.45, 2.75) is 43.5 Å². The lowest BCUT2D eigenvalue weighted by atomic mass is 9.91. The molecule has 1 aliphatic heterocycles. The molecule has 1 aliphatic rings. The van der Waals surface area contributed by atoms with Crippen LogP contribution >= 0.6 is 0 Å². The van der Waals surface area contributed by atoms with Gasteiger partial charge in [-0.3, -0.25) is 15.0 Å². The van der Waals surface area contributed by atoms with Crippen molar-refractivity contribution in [2.75, 3.05) is 26.2 Å². The number of carbonyl (C=O) groups is 2. The molecule has 0 radical (unpaired) electrons. The maximum absolute atomic E-state index is 13.0.